The second-order valence-electron chi connectivity index (χ2n) is 6.29. The highest BCUT2D eigenvalue weighted by Crippen LogP contribution is 2.34. The van der Waals surface area contributed by atoms with Crippen molar-refractivity contribution in [3.63, 3.8) is 0 Å². The van der Waals surface area contributed by atoms with Gasteiger partial charge in [-0.3, -0.25) is 9.78 Å². The molecule has 2 aliphatic rings. The number of hydrogen-bond acceptors (Lipinski definition) is 5. The van der Waals surface area contributed by atoms with Gasteiger partial charge >= 0.3 is 0 Å². The second kappa shape index (κ2) is 7.86. The van der Waals surface area contributed by atoms with E-state index in [9.17, 15) is 4.79 Å². The lowest BCUT2D eigenvalue weighted by molar-refractivity contribution is -0.140. The Morgan fingerprint density at radius 2 is 2.17 bits per heavy atom. The Balaban J connectivity index is 1.38. The van der Waals surface area contributed by atoms with Crippen LogP contribution in [0.25, 0.3) is 0 Å². The smallest absolute Gasteiger partial charge is 0.252 e. The van der Waals surface area contributed by atoms with Crippen molar-refractivity contribution in [1.82, 2.24) is 15.6 Å². The van der Waals surface area contributed by atoms with E-state index in [1.54, 1.807) is 24.5 Å². The summed E-state index contributed by atoms with van der Waals surface area (Å²) >= 11 is 0. The van der Waals surface area contributed by atoms with Crippen LogP contribution in [-0.4, -0.2) is 55.4 Å². The summed E-state index contributed by atoms with van der Waals surface area (Å²) in [4.78, 5) is 15.9. The zero-order valence-corrected chi connectivity index (χ0v) is 13.4. The molecule has 1 spiro atoms. The summed E-state index contributed by atoms with van der Waals surface area (Å²) in [6, 6.07) is 3.99. The Morgan fingerprint density at radius 3 is 2.96 bits per heavy atom. The molecule has 6 heteroatoms. The quantitative estimate of drug-likeness (QED) is 0.796. The maximum atomic E-state index is 11.9. The van der Waals surface area contributed by atoms with Crippen LogP contribution in [0.15, 0.2) is 24.5 Å². The molecule has 126 valence electrons. The first-order valence-corrected chi connectivity index (χ1v) is 8.41. The molecule has 0 bridgehead atoms. The molecule has 3 heterocycles. The molecule has 0 saturated carbocycles. The summed E-state index contributed by atoms with van der Waals surface area (Å²) in [6.45, 7) is 3.78. The molecule has 23 heavy (non-hydrogen) atoms. The maximum Gasteiger partial charge on any atom is 0.252 e. The highest BCUT2D eigenvalue weighted by Gasteiger charge is 2.38. The minimum absolute atomic E-state index is 0.00707. The fourth-order valence-corrected chi connectivity index (χ4v) is 3.35. The number of carbonyl (C=O) groups excluding carboxylic acids is 1. The van der Waals surface area contributed by atoms with Crippen LogP contribution >= 0.6 is 0 Å². The Hall–Kier alpha value is -1.50. The second-order valence-corrected chi connectivity index (χ2v) is 6.29. The number of amides is 1. The molecule has 1 atom stereocenters. The summed E-state index contributed by atoms with van der Waals surface area (Å²) in [5.41, 5.74) is 0.604. The van der Waals surface area contributed by atoms with Gasteiger partial charge in [0.25, 0.3) is 5.91 Å². The predicted molar refractivity (Wildman–Crippen MR) is 86.3 cm³/mol. The first-order chi connectivity index (χ1) is 11.3. The van der Waals surface area contributed by atoms with E-state index in [1.165, 1.54) is 0 Å². The molecule has 2 aliphatic heterocycles. The minimum atomic E-state index is -0.0761. The number of aromatic nitrogens is 1. The van der Waals surface area contributed by atoms with Crippen molar-refractivity contribution in [3.05, 3.63) is 30.1 Å². The number of nitrogens with zero attached hydrogens (tertiary/aromatic N) is 1. The van der Waals surface area contributed by atoms with E-state index in [4.69, 9.17) is 9.47 Å². The van der Waals surface area contributed by atoms with Crippen LogP contribution in [0, 0.1) is 0 Å². The van der Waals surface area contributed by atoms with Gasteiger partial charge in [0.15, 0.2) is 0 Å². The molecule has 2 N–H and O–H groups in total. The highest BCUT2D eigenvalue weighted by molar-refractivity contribution is 5.93. The predicted octanol–water partition coefficient (Wildman–Crippen LogP) is 1.13. The van der Waals surface area contributed by atoms with Crippen LogP contribution in [0.1, 0.15) is 36.0 Å². The number of nitrogens with one attached hydrogen (secondary N) is 2. The van der Waals surface area contributed by atoms with Gasteiger partial charge in [0.2, 0.25) is 0 Å². The summed E-state index contributed by atoms with van der Waals surface area (Å²) in [5, 5.41) is 6.47. The summed E-state index contributed by atoms with van der Waals surface area (Å²) < 4.78 is 11.5. The van der Waals surface area contributed by atoms with Gasteiger partial charge in [0.1, 0.15) is 0 Å². The van der Waals surface area contributed by atoms with Crippen LogP contribution in [0.4, 0.5) is 0 Å². The van der Waals surface area contributed by atoms with Crippen molar-refractivity contribution in [2.75, 3.05) is 32.9 Å². The molecule has 1 amide bonds. The fraction of sp³-hybridized carbons (Fsp3) is 0.647. The van der Waals surface area contributed by atoms with Crippen molar-refractivity contribution >= 4 is 5.91 Å². The van der Waals surface area contributed by atoms with E-state index in [0.717, 1.165) is 52.0 Å². The Morgan fingerprint density at radius 1 is 1.30 bits per heavy atom. The Kier molecular flexibility index (Phi) is 5.59. The van der Waals surface area contributed by atoms with Gasteiger partial charge in [-0.1, -0.05) is 0 Å². The molecule has 1 aromatic rings. The van der Waals surface area contributed by atoms with E-state index in [1.807, 2.05) is 0 Å². The summed E-state index contributed by atoms with van der Waals surface area (Å²) in [5.74, 6) is -0.0761. The van der Waals surface area contributed by atoms with E-state index in [2.05, 4.69) is 15.6 Å². The highest BCUT2D eigenvalue weighted by atomic mass is 16.5. The first kappa shape index (κ1) is 16.4. The normalized spacial score (nSPS) is 23.6. The molecule has 0 unspecified atom stereocenters. The van der Waals surface area contributed by atoms with Crippen molar-refractivity contribution in [3.8, 4) is 0 Å². The molecule has 3 rings (SSSR count). The molecule has 6 nitrogen and oxygen atoms in total. The third-order valence-corrected chi connectivity index (χ3v) is 4.66. The van der Waals surface area contributed by atoms with Crippen LogP contribution < -0.4 is 10.6 Å². The zero-order chi connectivity index (χ0) is 16.0. The van der Waals surface area contributed by atoms with Crippen molar-refractivity contribution in [2.24, 2.45) is 0 Å². The number of ether oxygens (including phenoxy) is 2. The average molecular weight is 319 g/mol. The number of hydrogen-bond donors (Lipinski definition) is 2. The average Bonchev–Trinajstić information content (AvgIpc) is 2.60. The van der Waals surface area contributed by atoms with Crippen molar-refractivity contribution in [1.29, 1.82) is 0 Å². The van der Waals surface area contributed by atoms with Gasteiger partial charge in [-0.15, -0.1) is 0 Å². The monoisotopic (exact) mass is 319 g/mol. The largest absolute Gasteiger partial charge is 0.381 e. The van der Waals surface area contributed by atoms with Gasteiger partial charge in [0, 0.05) is 51.3 Å². The molecule has 0 radical (unpaired) electrons. The third-order valence-electron chi connectivity index (χ3n) is 4.66. The zero-order valence-electron chi connectivity index (χ0n) is 13.4. The van der Waals surface area contributed by atoms with Crippen LogP contribution in [0.3, 0.4) is 0 Å². The van der Waals surface area contributed by atoms with Gasteiger partial charge in [-0.2, -0.15) is 0 Å². The van der Waals surface area contributed by atoms with Gasteiger partial charge in [-0.05, 0) is 37.8 Å². The minimum Gasteiger partial charge on any atom is -0.381 e. The molecular weight excluding hydrogens is 294 g/mol. The lowest BCUT2D eigenvalue weighted by Gasteiger charge is -2.43. The first-order valence-electron chi connectivity index (χ1n) is 8.41. The van der Waals surface area contributed by atoms with E-state index in [0.29, 0.717) is 18.2 Å². The molecular formula is C17H25N3O3. The summed E-state index contributed by atoms with van der Waals surface area (Å²) in [7, 11) is 0. The Bertz CT molecular complexity index is 498. The molecule has 0 aliphatic carbocycles. The molecule has 2 fully saturated rings. The van der Waals surface area contributed by atoms with Crippen LogP contribution in [0.5, 0.6) is 0 Å². The SMILES string of the molecule is O=C(NCCN[C@@H]1CCOC2(CCOCC2)C1)c1cccnc1. The van der Waals surface area contributed by atoms with Crippen LogP contribution in [0.2, 0.25) is 0 Å². The molecule has 1 aromatic heterocycles. The Labute approximate surface area is 137 Å². The lowest BCUT2D eigenvalue weighted by atomic mass is 9.84. The van der Waals surface area contributed by atoms with Crippen molar-refractivity contribution in [2.45, 2.75) is 37.3 Å². The third kappa shape index (κ3) is 4.50. The topological polar surface area (TPSA) is 72.5 Å². The fourth-order valence-electron chi connectivity index (χ4n) is 3.35. The van der Waals surface area contributed by atoms with E-state index >= 15 is 0 Å². The van der Waals surface area contributed by atoms with Crippen LogP contribution in [-0.2, 0) is 9.47 Å². The number of rotatable bonds is 5. The van der Waals surface area contributed by atoms with E-state index < -0.39 is 0 Å². The van der Waals surface area contributed by atoms with Crippen molar-refractivity contribution < 1.29 is 14.3 Å². The molecule has 0 aromatic carbocycles. The van der Waals surface area contributed by atoms with Gasteiger partial charge < -0.3 is 20.1 Å². The van der Waals surface area contributed by atoms with Gasteiger partial charge in [0.05, 0.1) is 11.2 Å². The number of pyridine rings is 1. The van der Waals surface area contributed by atoms with Gasteiger partial charge in [-0.25, -0.2) is 0 Å². The standard InChI is InChI=1S/C17H25N3O3/c21-16(14-2-1-6-18-13-14)20-8-7-19-15-3-9-23-17(12-15)4-10-22-11-5-17/h1-2,6,13,15,19H,3-5,7-12H2,(H,20,21)/t15-/m1/s1. The molecule has 2 saturated heterocycles. The van der Waals surface area contributed by atoms with E-state index in [-0.39, 0.29) is 11.5 Å². The summed E-state index contributed by atoms with van der Waals surface area (Å²) in [6.07, 6.45) is 7.28. The number of carbonyl (C=O) groups is 1. The maximum absolute atomic E-state index is 11.9. The lowest BCUT2D eigenvalue weighted by Crippen LogP contribution is -2.50.